The molecule has 2 aliphatic heterocycles. The van der Waals surface area contributed by atoms with Crippen molar-refractivity contribution in [1.82, 2.24) is 63.8 Å². The number of carbonyl (C=O) groups excluding carboxylic acids is 12. The number of hydrogen-bond acceptors (Lipinski definition) is 19. The van der Waals surface area contributed by atoms with Gasteiger partial charge in [-0.3, -0.25) is 57.5 Å². The first-order valence-electron chi connectivity index (χ1n) is 30.1. The number of carbonyl (C=O) groups is 12. The largest absolute Gasteiger partial charge is 0.394 e. The van der Waals surface area contributed by atoms with Gasteiger partial charge in [-0.05, 0) is 56.0 Å². The van der Waals surface area contributed by atoms with Crippen molar-refractivity contribution in [2.24, 2.45) is 40.1 Å². The van der Waals surface area contributed by atoms with Crippen LogP contribution in [0.5, 0.6) is 0 Å². The zero-order valence-electron chi connectivity index (χ0n) is 52.3. The second-order valence-electron chi connectivity index (χ2n) is 22.8. The summed E-state index contributed by atoms with van der Waals surface area (Å²) in [6.07, 6.45) is 0.859. The monoisotopic (exact) mass is 1260 g/mol. The Morgan fingerprint density at radius 2 is 1.12 bits per heavy atom. The second-order valence-corrected chi connectivity index (χ2v) is 24.2. The molecule has 30 heteroatoms. The molecule has 0 aliphatic carbocycles. The van der Waals surface area contributed by atoms with Crippen LogP contribution in [0.3, 0.4) is 0 Å². The lowest BCUT2D eigenvalue weighted by Gasteiger charge is -2.31. The fraction of sp³-hybridized carbons (Fsp3) is 0.672. The lowest BCUT2D eigenvalue weighted by atomic mass is 9.94. The van der Waals surface area contributed by atoms with Gasteiger partial charge in [0.1, 0.15) is 60.4 Å². The average Bonchev–Trinajstić information content (AvgIpc) is 4.08. The maximum atomic E-state index is 14.4. The van der Waals surface area contributed by atoms with Gasteiger partial charge >= 0.3 is 0 Å². The van der Waals surface area contributed by atoms with E-state index in [9.17, 15) is 67.7 Å². The molecule has 29 nitrogen and oxygen atoms in total. The third-order valence-electron chi connectivity index (χ3n) is 16.1. The Hall–Kier alpha value is -7.44. The van der Waals surface area contributed by atoms with Gasteiger partial charge < -0.3 is 85.5 Å². The number of rotatable bonds is 32. The molecule has 0 aromatic heterocycles. The van der Waals surface area contributed by atoms with Crippen LogP contribution in [0.25, 0.3) is 0 Å². The van der Waals surface area contributed by atoms with Crippen LogP contribution in [0.15, 0.2) is 35.3 Å². The molecule has 1 aromatic rings. The standard InChI is InChI=1S/C58H95N15O14S/c1-12-28(5)42(70-49(79)37(61-11)23-34-19-17-16-18-20-34)53(83)67-39(26-74)51(81)65-36(21-22-41(59)76)48(78)69-44(30(7)14-3)55(85)71-43(29(6)13-2)54(84)68-40(27-75)52(82)73-46-33(10)88-57(87)45(31(8)15-4)72-50(80)38(24-35-25-62-58(60)64-35)66-47(77)32(9)63-56(46)86/h16-20,28-33,35-40,42-46,61,74-75H,12-15,21-27H2,1-11H3,(H2,59,76)(H,63,86)(H,65,81)(H,66,77)(H,67,83)(H,68,84)(H,69,78)(H,70,79)(H,71,85)(H,72,80)(H,73,82)(H3,60,62,64)/t28-,29-,30-,31+,32-,33-,35-,36+,37+,38-,39-,40-,42-,43-,44+,45-,46+/m0/s1. The van der Waals surface area contributed by atoms with Gasteiger partial charge in [0.25, 0.3) is 0 Å². The Morgan fingerprint density at radius 1 is 0.636 bits per heavy atom. The van der Waals surface area contributed by atoms with E-state index in [1.54, 1.807) is 55.5 Å². The number of thioether (sulfide) groups is 1. The van der Waals surface area contributed by atoms with Crippen molar-refractivity contribution in [2.75, 3.05) is 26.8 Å². The molecule has 0 bridgehead atoms. The predicted molar refractivity (Wildman–Crippen MR) is 328 cm³/mol. The topological polar surface area (TPSA) is 454 Å². The maximum absolute atomic E-state index is 14.4. The van der Waals surface area contributed by atoms with Crippen LogP contribution in [0.2, 0.25) is 0 Å². The number of aliphatic imine (C=N–C) groups is 1. The van der Waals surface area contributed by atoms with Crippen LogP contribution >= 0.6 is 11.8 Å². The minimum atomic E-state index is -1.78. The van der Waals surface area contributed by atoms with E-state index < -0.39 is 198 Å². The first-order chi connectivity index (χ1) is 41.6. The normalized spacial score (nSPS) is 22.8. The third-order valence-corrected chi connectivity index (χ3v) is 17.3. The number of aliphatic hydroxyl groups is 2. The number of amides is 11. The van der Waals surface area contributed by atoms with E-state index in [4.69, 9.17) is 11.5 Å². The van der Waals surface area contributed by atoms with Crippen molar-refractivity contribution in [2.45, 2.75) is 198 Å². The molecule has 0 unspecified atom stereocenters. The van der Waals surface area contributed by atoms with E-state index in [0.29, 0.717) is 31.0 Å². The highest BCUT2D eigenvalue weighted by Crippen LogP contribution is 2.24. The third kappa shape index (κ3) is 22.6. The molecular weight excluding hydrogens is 1160 g/mol. The number of hydrogen-bond donors (Lipinski definition) is 16. The summed E-state index contributed by atoms with van der Waals surface area (Å²) in [6, 6.07) is -6.34. The molecule has 492 valence electrons. The van der Waals surface area contributed by atoms with Gasteiger partial charge in [-0.2, -0.15) is 0 Å². The molecule has 17 atom stereocenters. The number of likely N-dealkylation sites (N-methyl/N-ethyl adjacent to an activating group) is 1. The summed E-state index contributed by atoms with van der Waals surface area (Å²) in [6.45, 7) is 14.8. The lowest BCUT2D eigenvalue weighted by Crippen LogP contribution is -2.63. The fourth-order valence-electron chi connectivity index (χ4n) is 9.48. The Morgan fingerprint density at radius 3 is 1.60 bits per heavy atom. The molecule has 0 spiro atoms. The van der Waals surface area contributed by atoms with Crippen LogP contribution in [0.1, 0.15) is 120 Å². The van der Waals surface area contributed by atoms with Gasteiger partial charge in [-0.25, -0.2) is 4.99 Å². The van der Waals surface area contributed by atoms with E-state index >= 15 is 0 Å². The molecule has 2 aliphatic rings. The minimum absolute atomic E-state index is 0.000652. The number of aliphatic hydroxyl groups excluding tert-OH is 2. The van der Waals surface area contributed by atoms with E-state index in [1.807, 2.05) is 37.3 Å². The predicted octanol–water partition coefficient (Wildman–Crippen LogP) is -3.54. The number of primary amides is 1. The molecule has 1 fully saturated rings. The van der Waals surface area contributed by atoms with Crippen molar-refractivity contribution >= 4 is 87.8 Å². The lowest BCUT2D eigenvalue weighted by molar-refractivity contribution is -0.137. The first-order valence-corrected chi connectivity index (χ1v) is 31.0. The van der Waals surface area contributed by atoms with Gasteiger partial charge in [0.2, 0.25) is 70.1 Å². The molecule has 3 rings (SSSR count). The summed E-state index contributed by atoms with van der Waals surface area (Å²) in [7, 11) is 1.60. The van der Waals surface area contributed by atoms with Crippen molar-refractivity contribution in [3.63, 3.8) is 0 Å². The minimum Gasteiger partial charge on any atom is -0.394 e. The molecular formula is C58H95N15O14S. The Kier molecular flexibility index (Phi) is 31.3. The highest BCUT2D eigenvalue weighted by molar-refractivity contribution is 8.14. The smallest absolute Gasteiger partial charge is 0.245 e. The van der Waals surface area contributed by atoms with E-state index in [2.05, 4.69) is 68.8 Å². The van der Waals surface area contributed by atoms with Gasteiger partial charge in [0, 0.05) is 24.6 Å². The van der Waals surface area contributed by atoms with Crippen LogP contribution in [0.4, 0.5) is 0 Å². The van der Waals surface area contributed by atoms with Crippen LogP contribution in [-0.4, -0.2) is 191 Å². The summed E-state index contributed by atoms with van der Waals surface area (Å²) in [5, 5.41) is 51.0. The molecule has 1 saturated heterocycles. The highest BCUT2D eigenvalue weighted by Gasteiger charge is 2.41. The number of benzene rings is 1. The van der Waals surface area contributed by atoms with Gasteiger partial charge in [-0.15, -0.1) is 0 Å². The number of nitrogens with two attached hydrogens (primary N) is 2. The Bertz CT molecular complexity index is 2620. The fourth-order valence-corrected chi connectivity index (χ4v) is 10.6. The number of nitrogens with zero attached hydrogens (tertiary/aromatic N) is 1. The summed E-state index contributed by atoms with van der Waals surface area (Å²) < 4.78 is 0. The summed E-state index contributed by atoms with van der Waals surface area (Å²) in [5.74, 6) is -11.6. The van der Waals surface area contributed by atoms with E-state index in [1.165, 1.54) is 13.8 Å². The molecule has 2 heterocycles. The summed E-state index contributed by atoms with van der Waals surface area (Å²) in [5.41, 5.74) is 12.1. The van der Waals surface area contributed by atoms with Crippen molar-refractivity contribution in [1.29, 1.82) is 0 Å². The molecule has 11 amide bonds. The number of guanidine groups is 1. The first kappa shape index (κ1) is 74.8. The van der Waals surface area contributed by atoms with Crippen molar-refractivity contribution < 1.29 is 67.7 Å². The highest BCUT2D eigenvalue weighted by atomic mass is 32.2. The van der Waals surface area contributed by atoms with Crippen molar-refractivity contribution in [3.8, 4) is 0 Å². The zero-order chi connectivity index (χ0) is 66.1. The van der Waals surface area contributed by atoms with Crippen LogP contribution in [-0.2, 0) is 64.0 Å². The zero-order valence-corrected chi connectivity index (χ0v) is 53.1. The summed E-state index contributed by atoms with van der Waals surface area (Å²) >= 11 is 0.655. The van der Waals surface area contributed by atoms with Crippen LogP contribution in [0, 0.1) is 23.7 Å². The van der Waals surface area contributed by atoms with Gasteiger partial charge in [-0.1, -0.05) is 130 Å². The van der Waals surface area contributed by atoms with Gasteiger partial charge in [0.05, 0.1) is 25.3 Å². The number of nitrogens with one attached hydrogen (secondary N) is 12. The molecule has 18 N–H and O–H groups in total. The Labute approximate surface area is 518 Å². The molecule has 88 heavy (non-hydrogen) atoms. The molecule has 0 radical (unpaired) electrons. The molecule has 1 aromatic carbocycles. The van der Waals surface area contributed by atoms with E-state index in [-0.39, 0.29) is 31.8 Å². The van der Waals surface area contributed by atoms with Crippen LogP contribution < -0.4 is 75.3 Å². The molecule has 0 saturated carbocycles. The average molecular weight is 1260 g/mol. The quantitative estimate of drug-likeness (QED) is 0.0332. The van der Waals surface area contributed by atoms with Gasteiger partial charge in [0.15, 0.2) is 5.96 Å². The van der Waals surface area contributed by atoms with E-state index in [0.717, 1.165) is 5.56 Å². The van der Waals surface area contributed by atoms with Crippen molar-refractivity contribution in [3.05, 3.63) is 35.9 Å². The maximum Gasteiger partial charge on any atom is 0.245 e. The summed E-state index contributed by atoms with van der Waals surface area (Å²) in [4.78, 5) is 170. The second kappa shape index (κ2) is 36.8. The Balaban J connectivity index is 1.85. The SMILES string of the molecule is CC[C@@H](C)[C@@H]1NC(=O)[C@H](C[C@H]2CNC(N)=N2)NC(=O)[C@H](C)NC(=O)[C@H](NC(=O)[C@H](CO)NC(=O)[C@@H](NC(=O)[C@H](NC(=O)[C@@H](CCC(N)=O)NC(=O)[C@H](CO)NC(=O)[C@@H](NC(=O)[C@@H](Cc2ccccc2)NC)[C@@H](C)CC)[C@@H](C)CC)[C@@H](C)CC)[C@H](C)SC1=O.